The van der Waals surface area contributed by atoms with Crippen molar-refractivity contribution in [2.75, 3.05) is 6.54 Å². The number of thiazole rings is 1. The van der Waals surface area contributed by atoms with Gasteiger partial charge in [0.15, 0.2) is 0 Å². The van der Waals surface area contributed by atoms with Crippen LogP contribution in [0.5, 0.6) is 0 Å². The highest BCUT2D eigenvalue weighted by molar-refractivity contribution is 7.11. The standard InChI is InChI=1S/C13H24N2S/c1-4-7-8-14-9-12-10-15-13(16-12)11(5-2)6-3/h10-11,14H,4-9H2,1-3H3. The summed E-state index contributed by atoms with van der Waals surface area (Å²) in [6.07, 6.45) is 6.96. The summed E-state index contributed by atoms with van der Waals surface area (Å²) in [7, 11) is 0. The molecule has 1 heterocycles. The van der Waals surface area contributed by atoms with Gasteiger partial charge in [-0.2, -0.15) is 0 Å². The summed E-state index contributed by atoms with van der Waals surface area (Å²) in [6, 6.07) is 0. The van der Waals surface area contributed by atoms with Gasteiger partial charge in [0.25, 0.3) is 0 Å². The monoisotopic (exact) mass is 240 g/mol. The number of nitrogens with zero attached hydrogens (tertiary/aromatic N) is 1. The van der Waals surface area contributed by atoms with Crippen molar-refractivity contribution in [1.29, 1.82) is 0 Å². The first-order chi connectivity index (χ1) is 7.81. The molecule has 0 spiro atoms. The van der Waals surface area contributed by atoms with E-state index in [9.17, 15) is 0 Å². The molecule has 0 aliphatic rings. The van der Waals surface area contributed by atoms with Gasteiger partial charge in [-0.05, 0) is 25.8 Å². The van der Waals surface area contributed by atoms with Crippen molar-refractivity contribution in [3.63, 3.8) is 0 Å². The van der Waals surface area contributed by atoms with E-state index in [1.807, 2.05) is 17.5 Å². The van der Waals surface area contributed by atoms with E-state index in [0.717, 1.165) is 13.1 Å². The van der Waals surface area contributed by atoms with Crippen molar-refractivity contribution in [2.45, 2.75) is 58.9 Å². The Labute approximate surface area is 103 Å². The minimum absolute atomic E-state index is 0.661. The van der Waals surface area contributed by atoms with Crippen LogP contribution >= 0.6 is 11.3 Å². The van der Waals surface area contributed by atoms with Crippen LogP contribution in [0, 0.1) is 0 Å². The molecule has 0 radical (unpaired) electrons. The number of rotatable bonds is 8. The fourth-order valence-electron chi connectivity index (χ4n) is 1.74. The quantitative estimate of drug-likeness (QED) is 0.696. The summed E-state index contributed by atoms with van der Waals surface area (Å²) >= 11 is 1.87. The van der Waals surface area contributed by atoms with E-state index >= 15 is 0 Å². The first-order valence-electron chi connectivity index (χ1n) is 6.47. The minimum Gasteiger partial charge on any atom is -0.312 e. The van der Waals surface area contributed by atoms with E-state index in [-0.39, 0.29) is 0 Å². The SMILES string of the molecule is CCCCNCc1cnc(C(CC)CC)s1. The lowest BCUT2D eigenvalue weighted by atomic mass is 10.1. The lowest BCUT2D eigenvalue weighted by Crippen LogP contribution is -2.13. The Balaban J connectivity index is 2.38. The molecule has 0 saturated carbocycles. The van der Waals surface area contributed by atoms with Crippen molar-refractivity contribution in [2.24, 2.45) is 0 Å². The average Bonchev–Trinajstić information content (AvgIpc) is 2.75. The van der Waals surface area contributed by atoms with Crippen molar-refractivity contribution in [3.05, 3.63) is 16.1 Å². The maximum Gasteiger partial charge on any atom is 0.0958 e. The summed E-state index contributed by atoms with van der Waals surface area (Å²) in [5.74, 6) is 0.661. The van der Waals surface area contributed by atoms with E-state index in [1.54, 1.807) is 0 Å². The molecule has 0 aromatic carbocycles. The lowest BCUT2D eigenvalue weighted by molar-refractivity contribution is 0.637. The van der Waals surface area contributed by atoms with Gasteiger partial charge in [-0.3, -0.25) is 0 Å². The number of hydrogen-bond donors (Lipinski definition) is 1. The number of hydrogen-bond acceptors (Lipinski definition) is 3. The third-order valence-electron chi connectivity index (χ3n) is 2.91. The van der Waals surface area contributed by atoms with Crippen LogP contribution in [0.2, 0.25) is 0 Å². The van der Waals surface area contributed by atoms with E-state index in [2.05, 4.69) is 31.1 Å². The van der Waals surface area contributed by atoms with Gasteiger partial charge in [0.1, 0.15) is 0 Å². The van der Waals surface area contributed by atoms with Gasteiger partial charge in [-0.15, -0.1) is 11.3 Å². The fourth-order valence-corrected chi connectivity index (χ4v) is 2.90. The van der Waals surface area contributed by atoms with Crippen molar-refractivity contribution < 1.29 is 0 Å². The Morgan fingerprint density at radius 2 is 2.06 bits per heavy atom. The first kappa shape index (κ1) is 13.7. The van der Waals surface area contributed by atoms with Gasteiger partial charge >= 0.3 is 0 Å². The second kappa shape index (κ2) is 7.80. The molecule has 0 atom stereocenters. The molecule has 0 aliphatic carbocycles. The molecule has 1 aromatic heterocycles. The number of aromatic nitrogens is 1. The van der Waals surface area contributed by atoms with Crippen LogP contribution in [0.25, 0.3) is 0 Å². The topological polar surface area (TPSA) is 24.9 Å². The van der Waals surface area contributed by atoms with Gasteiger partial charge in [0, 0.05) is 23.5 Å². The molecule has 2 nitrogen and oxygen atoms in total. The minimum atomic E-state index is 0.661. The highest BCUT2D eigenvalue weighted by atomic mass is 32.1. The molecule has 1 rings (SSSR count). The van der Waals surface area contributed by atoms with Crippen LogP contribution in [0.15, 0.2) is 6.20 Å². The maximum atomic E-state index is 4.54. The molecule has 92 valence electrons. The molecule has 0 fully saturated rings. The predicted octanol–water partition coefficient (Wildman–Crippen LogP) is 3.94. The maximum absolute atomic E-state index is 4.54. The van der Waals surface area contributed by atoms with Gasteiger partial charge in [0.2, 0.25) is 0 Å². The van der Waals surface area contributed by atoms with Crippen molar-refractivity contribution in [3.8, 4) is 0 Å². The zero-order chi connectivity index (χ0) is 11.8. The Hall–Kier alpha value is -0.410. The van der Waals surface area contributed by atoms with Gasteiger partial charge in [-0.1, -0.05) is 27.2 Å². The molecule has 1 aromatic rings. The molecular formula is C13H24N2S. The molecule has 1 N–H and O–H groups in total. The Morgan fingerprint density at radius 1 is 1.31 bits per heavy atom. The van der Waals surface area contributed by atoms with Crippen LogP contribution in [0.3, 0.4) is 0 Å². The van der Waals surface area contributed by atoms with Crippen molar-refractivity contribution in [1.82, 2.24) is 10.3 Å². The Bertz CT molecular complexity index is 279. The smallest absolute Gasteiger partial charge is 0.0958 e. The molecule has 3 heteroatoms. The Kier molecular flexibility index (Phi) is 6.65. The van der Waals surface area contributed by atoms with E-state index in [4.69, 9.17) is 0 Å². The Morgan fingerprint density at radius 3 is 2.69 bits per heavy atom. The van der Waals surface area contributed by atoms with Crippen LogP contribution in [-0.2, 0) is 6.54 Å². The largest absolute Gasteiger partial charge is 0.312 e. The summed E-state index contributed by atoms with van der Waals surface area (Å²) in [5, 5.41) is 4.78. The van der Waals surface area contributed by atoms with Gasteiger partial charge in [-0.25, -0.2) is 4.98 Å². The molecule has 0 bridgehead atoms. The molecular weight excluding hydrogens is 216 g/mol. The summed E-state index contributed by atoms with van der Waals surface area (Å²) in [5.41, 5.74) is 0. The second-order valence-electron chi connectivity index (χ2n) is 4.21. The van der Waals surface area contributed by atoms with E-state index < -0.39 is 0 Å². The number of unbranched alkanes of at least 4 members (excludes halogenated alkanes) is 1. The number of nitrogens with one attached hydrogen (secondary N) is 1. The summed E-state index contributed by atoms with van der Waals surface area (Å²) < 4.78 is 0. The molecule has 0 aliphatic heterocycles. The van der Waals surface area contributed by atoms with Crippen LogP contribution in [-0.4, -0.2) is 11.5 Å². The molecule has 0 unspecified atom stereocenters. The fraction of sp³-hybridized carbons (Fsp3) is 0.769. The van der Waals surface area contributed by atoms with Crippen LogP contribution < -0.4 is 5.32 Å². The van der Waals surface area contributed by atoms with E-state index in [0.29, 0.717) is 5.92 Å². The molecule has 0 amide bonds. The summed E-state index contributed by atoms with van der Waals surface area (Å²) in [6.45, 7) is 8.82. The van der Waals surface area contributed by atoms with E-state index in [1.165, 1.54) is 35.6 Å². The first-order valence-corrected chi connectivity index (χ1v) is 7.28. The highest BCUT2D eigenvalue weighted by Gasteiger charge is 2.11. The van der Waals surface area contributed by atoms with Crippen LogP contribution in [0.4, 0.5) is 0 Å². The average molecular weight is 240 g/mol. The van der Waals surface area contributed by atoms with Crippen molar-refractivity contribution >= 4 is 11.3 Å². The third-order valence-corrected chi connectivity index (χ3v) is 4.07. The predicted molar refractivity (Wildman–Crippen MR) is 72.1 cm³/mol. The summed E-state index contributed by atoms with van der Waals surface area (Å²) in [4.78, 5) is 5.91. The lowest BCUT2D eigenvalue weighted by Gasteiger charge is -2.07. The van der Waals surface area contributed by atoms with Gasteiger partial charge < -0.3 is 5.32 Å². The second-order valence-corrected chi connectivity index (χ2v) is 5.36. The zero-order valence-corrected chi connectivity index (χ0v) is 11.6. The third kappa shape index (κ3) is 4.22. The van der Waals surface area contributed by atoms with Crippen LogP contribution in [0.1, 0.15) is 62.3 Å². The normalized spacial score (nSPS) is 11.2. The molecule has 16 heavy (non-hydrogen) atoms. The molecule has 0 saturated heterocycles. The van der Waals surface area contributed by atoms with Gasteiger partial charge in [0.05, 0.1) is 5.01 Å². The zero-order valence-electron chi connectivity index (χ0n) is 10.8. The highest BCUT2D eigenvalue weighted by Crippen LogP contribution is 2.26.